The molecule has 28 heavy (non-hydrogen) atoms. The third-order valence-electron chi connectivity index (χ3n) is 4.72. The van der Waals surface area contributed by atoms with Crippen LogP contribution >= 0.6 is 11.3 Å². The van der Waals surface area contributed by atoms with Crippen LogP contribution in [0.4, 0.5) is 15.6 Å². The van der Waals surface area contributed by atoms with Crippen LogP contribution < -0.4 is 15.0 Å². The molecule has 7 heteroatoms. The van der Waals surface area contributed by atoms with Crippen LogP contribution in [0, 0.1) is 0 Å². The molecule has 0 spiro atoms. The van der Waals surface area contributed by atoms with Crippen LogP contribution in [-0.4, -0.2) is 49.2 Å². The fourth-order valence-corrected chi connectivity index (χ4v) is 4.04. The zero-order valence-electron chi connectivity index (χ0n) is 15.7. The lowest BCUT2D eigenvalue weighted by Crippen LogP contribution is -2.50. The second-order valence-corrected chi connectivity index (χ2v) is 7.35. The summed E-state index contributed by atoms with van der Waals surface area (Å²) in [4.78, 5) is 21.3. The van der Waals surface area contributed by atoms with Gasteiger partial charge < -0.3 is 19.9 Å². The third kappa shape index (κ3) is 4.09. The van der Waals surface area contributed by atoms with Crippen molar-refractivity contribution in [2.45, 2.75) is 0 Å². The number of para-hydroxylation sites is 1. The van der Waals surface area contributed by atoms with E-state index in [-0.39, 0.29) is 6.03 Å². The molecule has 0 saturated carbocycles. The molecule has 1 aliphatic heterocycles. The number of rotatable bonds is 4. The van der Waals surface area contributed by atoms with Gasteiger partial charge in [-0.15, -0.1) is 11.3 Å². The maximum Gasteiger partial charge on any atom is 0.321 e. The van der Waals surface area contributed by atoms with E-state index in [2.05, 4.69) is 15.6 Å². The highest BCUT2D eigenvalue weighted by atomic mass is 32.1. The topological polar surface area (TPSA) is 57.7 Å². The number of hydrogen-bond donors (Lipinski definition) is 1. The lowest BCUT2D eigenvalue weighted by molar-refractivity contribution is 0.208. The molecule has 1 N–H and O–H groups in total. The first kappa shape index (κ1) is 18.3. The first-order valence-electron chi connectivity index (χ1n) is 9.19. The molecular weight excluding hydrogens is 372 g/mol. The molecule has 1 aliphatic rings. The number of ether oxygens (including phenoxy) is 1. The van der Waals surface area contributed by atoms with Gasteiger partial charge in [0.05, 0.1) is 12.8 Å². The summed E-state index contributed by atoms with van der Waals surface area (Å²) in [5, 5.41) is 6.00. The molecule has 144 valence electrons. The minimum absolute atomic E-state index is 0.0536. The Hall–Kier alpha value is -3.06. The number of piperazine rings is 1. The van der Waals surface area contributed by atoms with Gasteiger partial charge in [0, 0.05) is 42.8 Å². The molecule has 2 amide bonds. The van der Waals surface area contributed by atoms with Gasteiger partial charge >= 0.3 is 6.03 Å². The van der Waals surface area contributed by atoms with Gasteiger partial charge in [-0.2, -0.15) is 0 Å². The number of carbonyl (C=O) groups is 1. The molecule has 1 fully saturated rings. The van der Waals surface area contributed by atoms with Crippen LogP contribution in [0.1, 0.15) is 0 Å². The second-order valence-electron chi connectivity index (χ2n) is 6.52. The standard InChI is InChI=1S/C21H22N4O2S/c1-27-18-9-5-6-16(14-18)19-15-28-21(23-19)25-12-10-24(11-13-25)20(26)22-17-7-3-2-4-8-17/h2-9,14-15H,10-13H2,1H3,(H,22,26). The molecule has 0 aliphatic carbocycles. The van der Waals surface area contributed by atoms with Crippen LogP contribution in [0.25, 0.3) is 11.3 Å². The minimum atomic E-state index is -0.0536. The summed E-state index contributed by atoms with van der Waals surface area (Å²) in [6, 6.07) is 17.4. The maximum atomic E-state index is 12.4. The van der Waals surface area contributed by atoms with Crippen molar-refractivity contribution in [2.75, 3.05) is 43.5 Å². The van der Waals surface area contributed by atoms with E-state index < -0.39 is 0 Å². The van der Waals surface area contributed by atoms with Crippen molar-refractivity contribution in [2.24, 2.45) is 0 Å². The summed E-state index contributed by atoms with van der Waals surface area (Å²) in [5.41, 5.74) is 2.81. The van der Waals surface area contributed by atoms with Gasteiger partial charge in [0.1, 0.15) is 5.75 Å². The smallest absolute Gasteiger partial charge is 0.321 e. The van der Waals surface area contributed by atoms with Gasteiger partial charge in [-0.3, -0.25) is 0 Å². The number of benzene rings is 2. The van der Waals surface area contributed by atoms with Crippen molar-refractivity contribution in [3.05, 3.63) is 60.0 Å². The summed E-state index contributed by atoms with van der Waals surface area (Å²) in [6.45, 7) is 2.89. The predicted octanol–water partition coefficient (Wildman–Crippen LogP) is 4.17. The lowest BCUT2D eigenvalue weighted by Gasteiger charge is -2.34. The van der Waals surface area contributed by atoms with E-state index in [0.717, 1.165) is 40.9 Å². The third-order valence-corrected chi connectivity index (χ3v) is 5.62. The summed E-state index contributed by atoms with van der Waals surface area (Å²) in [6.07, 6.45) is 0. The number of nitrogens with zero attached hydrogens (tertiary/aromatic N) is 3. The number of methoxy groups -OCH3 is 1. The van der Waals surface area contributed by atoms with Crippen LogP contribution in [-0.2, 0) is 0 Å². The number of hydrogen-bond acceptors (Lipinski definition) is 5. The number of carbonyl (C=O) groups excluding carboxylic acids is 1. The maximum absolute atomic E-state index is 12.4. The van der Waals surface area contributed by atoms with Crippen molar-refractivity contribution in [3.63, 3.8) is 0 Å². The second kappa shape index (κ2) is 8.31. The lowest BCUT2D eigenvalue weighted by atomic mass is 10.2. The van der Waals surface area contributed by atoms with Crippen molar-refractivity contribution in [3.8, 4) is 17.0 Å². The zero-order chi connectivity index (χ0) is 19.3. The summed E-state index contributed by atoms with van der Waals surface area (Å²) >= 11 is 1.63. The largest absolute Gasteiger partial charge is 0.497 e. The van der Waals surface area contributed by atoms with E-state index in [4.69, 9.17) is 9.72 Å². The van der Waals surface area contributed by atoms with Crippen LogP contribution in [0.15, 0.2) is 60.0 Å². The highest BCUT2D eigenvalue weighted by molar-refractivity contribution is 7.14. The zero-order valence-corrected chi connectivity index (χ0v) is 16.5. The Labute approximate surface area is 168 Å². The van der Waals surface area contributed by atoms with Gasteiger partial charge in [0.2, 0.25) is 0 Å². The van der Waals surface area contributed by atoms with Crippen molar-refractivity contribution in [1.29, 1.82) is 0 Å². The number of thiazole rings is 1. The molecule has 0 unspecified atom stereocenters. The molecule has 1 saturated heterocycles. The molecule has 2 aromatic carbocycles. The van der Waals surface area contributed by atoms with Crippen molar-refractivity contribution >= 4 is 28.2 Å². The van der Waals surface area contributed by atoms with E-state index in [9.17, 15) is 4.79 Å². The molecule has 0 radical (unpaired) electrons. The molecule has 2 heterocycles. The Morgan fingerprint density at radius 3 is 2.61 bits per heavy atom. The average molecular weight is 395 g/mol. The molecule has 1 aromatic heterocycles. The molecule has 0 atom stereocenters. The molecule has 4 rings (SSSR count). The van der Waals surface area contributed by atoms with E-state index >= 15 is 0 Å². The van der Waals surface area contributed by atoms with Crippen molar-refractivity contribution < 1.29 is 9.53 Å². The SMILES string of the molecule is COc1cccc(-c2csc(N3CCN(C(=O)Nc4ccccc4)CC3)n2)c1. The fourth-order valence-electron chi connectivity index (χ4n) is 3.15. The Morgan fingerprint density at radius 1 is 1.07 bits per heavy atom. The summed E-state index contributed by atoms with van der Waals surface area (Å²) in [5.74, 6) is 0.824. The van der Waals surface area contributed by atoms with Crippen LogP contribution in [0.2, 0.25) is 0 Å². The number of aromatic nitrogens is 1. The Kier molecular flexibility index (Phi) is 5.43. The Morgan fingerprint density at radius 2 is 1.86 bits per heavy atom. The first-order valence-corrected chi connectivity index (χ1v) is 10.1. The monoisotopic (exact) mass is 394 g/mol. The molecular formula is C21H22N4O2S. The van der Waals surface area contributed by atoms with Crippen LogP contribution in [0.5, 0.6) is 5.75 Å². The van der Waals surface area contributed by atoms with Gasteiger partial charge in [0.25, 0.3) is 0 Å². The van der Waals surface area contributed by atoms with Gasteiger partial charge in [-0.1, -0.05) is 30.3 Å². The quantitative estimate of drug-likeness (QED) is 0.721. The number of nitrogens with one attached hydrogen (secondary N) is 1. The van der Waals surface area contributed by atoms with E-state index in [1.165, 1.54) is 0 Å². The summed E-state index contributed by atoms with van der Waals surface area (Å²) < 4.78 is 5.30. The van der Waals surface area contributed by atoms with E-state index in [0.29, 0.717) is 13.1 Å². The van der Waals surface area contributed by atoms with Gasteiger partial charge in [-0.25, -0.2) is 9.78 Å². The van der Waals surface area contributed by atoms with Gasteiger partial charge in [0.15, 0.2) is 5.13 Å². The molecule has 3 aromatic rings. The Balaban J connectivity index is 1.36. The average Bonchev–Trinajstić information content (AvgIpc) is 3.25. The van der Waals surface area contributed by atoms with Crippen molar-refractivity contribution in [1.82, 2.24) is 9.88 Å². The van der Waals surface area contributed by atoms with Crippen LogP contribution in [0.3, 0.4) is 0 Å². The van der Waals surface area contributed by atoms with Gasteiger partial charge in [-0.05, 0) is 24.3 Å². The summed E-state index contributed by atoms with van der Waals surface area (Å²) in [7, 11) is 1.67. The Bertz CT molecular complexity index is 936. The normalized spacial score (nSPS) is 14.0. The number of anilines is 2. The molecule has 0 bridgehead atoms. The highest BCUT2D eigenvalue weighted by Crippen LogP contribution is 2.29. The van der Waals surface area contributed by atoms with E-state index in [1.54, 1.807) is 18.4 Å². The number of urea groups is 1. The predicted molar refractivity (Wildman–Crippen MR) is 113 cm³/mol. The highest BCUT2D eigenvalue weighted by Gasteiger charge is 2.23. The first-order chi connectivity index (χ1) is 13.7. The number of amides is 2. The minimum Gasteiger partial charge on any atom is -0.497 e. The fraction of sp³-hybridized carbons (Fsp3) is 0.238. The van der Waals surface area contributed by atoms with E-state index in [1.807, 2.05) is 59.5 Å². The molecule has 6 nitrogen and oxygen atoms in total.